The number of hydrogen-bond acceptors (Lipinski definition) is 4. The summed E-state index contributed by atoms with van der Waals surface area (Å²) in [5.74, 6) is -0.543. The maximum absolute atomic E-state index is 12.0. The Kier molecular flexibility index (Phi) is 4.01. The molecule has 1 aromatic heterocycles. The van der Waals surface area contributed by atoms with Crippen LogP contribution in [0.1, 0.15) is 43.6 Å². The quantitative estimate of drug-likeness (QED) is 0.520. The second-order valence-corrected chi connectivity index (χ2v) is 4.83. The van der Waals surface area contributed by atoms with Gasteiger partial charge in [0.15, 0.2) is 0 Å². The predicted molar refractivity (Wildman–Crippen MR) is 65.2 cm³/mol. The number of ether oxygens (including phenoxy) is 1. The minimum atomic E-state index is -1.71. The molecule has 0 amide bonds. The summed E-state index contributed by atoms with van der Waals surface area (Å²) in [7, 11) is -1.71. The monoisotopic (exact) mass is 239 g/mol. The van der Waals surface area contributed by atoms with Crippen LogP contribution < -0.4 is 5.59 Å². The van der Waals surface area contributed by atoms with Crippen molar-refractivity contribution < 1.29 is 19.6 Å². The van der Waals surface area contributed by atoms with E-state index in [-0.39, 0.29) is 11.2 Å². The Morgan fingerprint density at radius 3 is 2.47 bits per heavy atom. The first kappa shape index (κ1) is 13.8. The first-order valence-corrected chi connectivity index (χ1v) is 5.56. The zero-order valence-corrected chi connectivity index (χ0v) is 10.6. The summed E-state index contributed by atoms with van der Waals surface area (Å²) in [6, 6.07) is 0. The van der Waals surface area contributed by atoms with Crippen LogP contribution in [-0.4, -0.2) is 33.7 Å². The van der Waals surface area contributed by atoms with Gasteiger partial charge in [-0.05, 0) is 32.8 Å². The van der Waals surface area contributed by atoms with Crippen molar-refractivity contribution in [3.05, 3.63) is 17.3 Å². The molecule has 0 radical (unpaired) electrons. The minimum Gasteiger partial charge on any atom is -0.456 e. The van der Waals surface area contributed by atoms with Gasteiger partial charge in [-0.1, -0.05) is 6.92 Å². The third-order valence-corrected chi connectivity index (χ3v) is 2.23. The van der Waals surface area contributed by atoms with Crippen molar-refractivity contribution in [3.63, 3.8) is 0 Å². The molecule has 0 aromatic carbocycles. The molecule has 94 valence electrons. The Bertz CT molecular complexity index is 406. The van der Waals surface area contributed by atoms with Gasteiger partial charge < -0.3 is 19.8 Å². The van der Waals surface area contributed by atoms with Crippen LogP contribution in [0.25, 0.3) is 0 Å². The third kappa shape index (κ3) is 3.34. The van der Waals surface area contributed by atoms with Gasteiger partial charge in [0.05, 0.1) is 11.2 Å². The highest BCUT2D eigenvalue weighted by Crippen LogP contribution is 2.14. The number of H-pyrrole nitrogens is 1. The van der Waals surface area contributed by atoms with Crippen molar-refractivity contribution in [1.82, 2.24) is 4.98 Å². The largest absolute Gasteiger partial charge is 0.506 e. The summed E-state index contributed by atoms with van der Waals surface area (Å²) in [4.78, 5) is 14.7. The number of esters is 1. The van der Waals surface area contributed by atoms with E-state index in [4.69, 9.17) is 4.74 Å². The number of carbonyl (C=O) groups is 1. The highest BCUT2D eigenvalue weighted by molar-refractivity contribution is 6.59. The van der Waals surface area contributed by atoms with E-state index >= 15 is 0 Å². The van der Waals surface area contributed by atoms with Crippen LogP contribution in [0, 0.1) is 0 Å². The zero-order chi connectivity index (χ0) is 13.2. The SMILES string of the molecule is CCc1c[nH]c(B(O)O)c1C(=O)OC(C)(C)C. The Morgan fingerprint density at radius 2 is 2.06 bits per heavy atom. The van der Waals surface area contributed by atoms with E-state index in [0.717, 1.165) is 0 Å². The molecule has 0 spiro atoms. The highest BCUT2D eigenvalue weighted by Gasteiger charge is 2.28. The molecule has 0 unspecified atom stereocenters. The molecule has 3 N–H and O–H groups in total. The predicted octanol–water partition coefficient (Wildman–Crippen LogP) is 0.212. The van der Waals surface area contributed by atoms with Crippen molar-refractivity contribution in [2.75, 3.05) is 0 Å². The lowest BCUT2D eigenvalue weighted by Gasteiger charge is -2.20. The van der Waals surface area contributed by atoms with Crippen molar-refractivity contribution >= 4 is 18.7 Å². The van der Waals surface area contributed by atoms with E-state index in [2.05, 4.69) is 4.98 Å². The summed E-state index contributed by atoms with van der Waals surface area (Å²) in [5, 5.41) is 18.4. The second-order valence-electron chi connectivity index (χ2n) is 4.83. The van der Waals surface area contributed by atoms with Gasteiger partial charge in [-0.15, -0.1) is 0 Å². The lowest BCUT2D eigenvalue weighted by atomic mass is 9.82. The molecule has 1 aromatic rings. The molecular weight excluding hydrogens is 221 g/mol. The number of nitrogens with one attached hydrogen (secondary N) is 1. The molecule has 0 bridgehead atoms. The van der Waals surface area contributed by atoms with Crippen LogP contribution >= 0.6 is 0 Å². The fourth-order valence-corrected chi connectivity index (χ4v) is 1.53. The van der Waals surface area contributed by atoms with Crippen LogP contribution in [0.5, 0.6) is 0 Å². The molecule has 17 heavy (non-hydrogen) atoms. The van der Waals surface area contributed by atoms with Crippen molar-refractivity contribution in [3.8, 4) is 0 Å². The molecule has 1 rings (SSSR count). The van der Waals surface area contributed by atoms with E-state index in [1.165, 1.54) is 0 Å². The Balaban J connectivity index is 3.10. The number of hydrogen-bond donors (Lipinski definition) is 3. The molecule has 0 atom stereocenters. The molecule has 1 heterocycles. The minimum absolute atomic E-state index is 0.0797. The summed E-state index contributed by atoms with van der Waals surface area (Å²) >= 11 is 0. The van der Waals surface area contributed by atoms with E-state index in [0.29, 0.717) is 12.0 Å². The van der Waals surface area contributed by atoms with Gasteiger partial charge in [0.25, 0.3) is 0 Å². The van der Waals surface area contributed by atoms with E-state index in [1.807, 2.05) is 6.92 Å². The maximum Gasteiger partial charge on any atom is 0.506 e. The summed E-state index contributed by atoms with van der Waals surface area (Å²) in [6.07, 6.45) is 2.20. The second kappa shape index (κ2) is 4.93. The smallest absolute Gasteiger partial charge is 0.456 e. The number of rotatable bonds is 3. The van der Waals surface area contributed by atoms with E-state index < -0.39 is 18.7 Å². The first-order chi connectivity index (χ1) is 7.76. The van der Waals surface area contributed by atoms with Gasteiger partial charge in [-0.25, -0.2) is 4.79 Å². The maximum atomic E-state index is 12.0. The van der Waals surface area contributed by atoms with Gasteiger partial charge in [-0.2, -0.15) is 0 Å². The van der Waals surface area contributed by atoms with Crippen LogP contribution in [0.2, 0.25) is 0 Å². The molecule has 5 nitrogen and oxygen atoms in total. The zero-order valence-electron chi connectivity index (χ0n) is 10.6. The van der Waals surface area contributed by atoms with Crippen LogP contribution in [0.15, 0.2) is 6.20 Å². The number of aromatic amines is 1. The van der Waals surface area contributed by atoms with Crippen LogP contribution in [-0.2, 0) is 11.2 Å². The summed E-state index contributed by atoms with van der Waals surface area (Å²) in [5.41, 5.74) is 0.396. The molecule has 6 heteroatoms. The Labute approximate surface area is 101 Å². The van der Waals surface area contributed by atoms with Crippen molar-refractivity contribution in [2.24, 2.45) is 0 Å². The molecule has 0 fully saturated rings. The number of aromatic nitrogens is 1. The molecular formula is C11H18BNO4. The molecule has 0 saturated carbocycles. The highest BCUT2D eigenvalue weighted by atomic mass is 16.6. The molecule has 0 aliphatic rings. The van der Waals surface area contributed by atoms with Gasteiger partial charge in [0, 0.05) is 6.20 Å². The average Bonchev–Trinajstić information content (AvgIpc) is 2.57. The number of carbonyl (C=O) groups excluding carboxylic acids is 1. The van der Waals surface area contributed by atoms with Gasteiger partial charge in [0.2, 0.25) is 0 Å². The fraction of sp³-hybridized carbons (Fsp3) is 0.545. The van der Waals surface area contributed by atoms with Crippen molar-refractivity contribution in [1.29, 1.82) is 0 Å². The van der Waals surface area contributed by atoms with Gasteiger partial charge in [-0.3, -0.25) is 0 Å². The summed E-state index contributed by atoms with van der Waals surface area (Å²) in [6.45, 7) is 7.17. The van der Waals surface area contributed by atoms with Crippen LogP contribution in [0.3, 0.4) is 0 Å². The molecule has 0 saturated heterocycles. The standard InChI is InChI=1S/C11H18BNO4/c1-5-7-6-13-9(12(15)16)8(7)10(14)17-11(2,3)4/h6,13,15-16H,5H2,1-4H3. The lowest BCUT2D eigenvalue weighted by molar-refractivity contribution is 0.00697. The number of aryl methyl sites for hydroxylation is 1. The van der Waals surface area contributed by atoms with Gasteiger partial charge >= 0.3 is 13.1 Å². The Hall–Kier alpha value is -1.27. The van der Waals surface area contributed by atoms with Crippen molar-refractivity contribution in [2.45, 2.75) is 39.7 Å². The van der Waals surface area contributed by atoms with Crippen LogP contribution in [0.4, 0.5) is 0 Å². The third-order valence-electron chi connectivity index (χ3n) is 2.23. The van der Waals surface area contributed by atoms with E-state index in [9.17, 15) is 14.8 Å². The first-order valence-electron chi connectivity index (χ1n) is 5.56. The average molecular weight is 239 g/mol. The molecule has 0 aliphatic heterocycles. The fourth-order valence-electron chi connectivity index (χ4n) is 1.53. The molecule has 0 aliphatic carbocycles. The van der Waals surface area contributed by atoms with E-state index in [1.54, 1.807) is 27.0 Å². The Morgan fingerprint density at radius 1 is 1.47 bits per heavy atom. The summed E-state index contributed by atoms with van der Waals surface area (Å²) < 4.78 is 5.23. The normalized spacial score (nSPS) is 11.4. The van der Waals surface area contributed by atoms with Gasteiger partial charge in [0.1, 0.15) is 5.60 Å². The lowest BCUT2D eigenvalue weighted by Crippen LogP contribution is -2.37. The topological polar surface area (TPSA) is 82.5 Å².